The number of piperidine rings is 1. The minimum atomic E-state index is 0.00696. The molecule has 2 aromatic rings. The van der Waals surface area contributed by atoms with Gasteiger partial charge in [-0.2, -0.15) is 0 Å². The van der Waals surface area contributed by atoms with Gasteiger partial charge in [0.1, 0.15) is 5.03 Å². The van der Waals surface area contributed by atoms with Crippen molar-refractivity contribution >= 4 is 17.4 Å². The van der Waals surface area contributed by atoms with E-state index >= 15 is 0 Å². The Hall–Kier alpha value is -1.86. The van der Waals surface area contributed by atoms with Crippen LogP contribution in [0.3, 0.4) is 0 Å². The third-order valence-electron chi connectivity index (χ3n) is 4.36. The van der Waals surface area contributed by atoms with E-state index in [2.05, 4.69) is 15.3 Å². The molecule has 0 bridgehead atoms. The molecule has 2 aromatic heterocycles. The van der Waals surface area contributed by atoms with Crippen molar-refractivity contribution in [3.05, 3.63) is 35.0 Å². The van der Waals surface area contributed by atoms with E-state index in [1.165, 1.54) is 0 Å². The average Bonchev–Trinajstić information content (AvgIpc) is 2.61. The third-order valence-corrected chi connectivity index (χ3v) is 5.06. The lowest BCUT2D eigenvalue weighted by Gasteiger charge is -2.24. The molecule has 0 spiro atoms. The van der Waals surface area contributed by atoms with Crippen LogP contribution in [-0.2, 0) is 0 Å². The average molecular weight is 345 g/mol. The quantitative estimate of drug-likeness (QED) is 0.856. The highest BCUT2D eigenvalue weighted by atomic mass is 32.2. The monoisotopic (exact) mass is 345 g/mol. The summed E-state index contributed by atoms with van der Waals surface area (Å²) in [5.74, 6) is 0. The summed E-state index contributed by atoms with van der Waals surface area (Å²) < 4.78 is 1.77. The summed E-state index contributed by atoms with van der Waals surface area (Å²) in [7, 11) is 3.97. The van der Waals surface area contributed by atoms with Crippen LogP contribution in [0, 0.1) is 0 Å². The fourth-order valence-corrected chi connectivity index (χ4v) is 3.69. The van der Waals surface area contributed by atoms with Crippen LogP contribution in [0.1, 0.15) is 18.9 Å². The summed E-state index contributed by atoms with van der Waals surface area (Å²) in [5.41, 5.74) is 2.63. The zero-order valence-corrected chi connectivity index (χ0v) is 15.1. The van der Waals surface area contributed by atoms with Crippen molar-refractivity contribution < 1.29 is 0 Å². The van der Waals surface area contributed by atoms with E-state index < -0.39 is 0 Å². The van der Waals surface area contributed by atoms with Crippen LogP contribution in [0.4, 0.5) is 5.69 Å². The fourth-order valence-electron chi connectivity index (χ4n) is 3.11. The SMILES string of the molecule is CSc1nccc(N(C)C)c1-c1cc(=O)n(C2CCNCC2)cn1. The van der Waals surface area contributed by atoms with Gasteiger partial charge in [-0.3, -0.25) is 9.36 Å². The normalized spacial score (nSPS) is 15.5. The molecule has 0 aromatic carbocycles. The van der Waals surface area contributed by atoms with E-state index in [1.54, 1.807) is 34.9 Å². The number of aromatic nitrogens is 3. The van der Waals surface area contributed by atoms with Gasteiger partial charge < -0.3 is 10.2 Å². The van der Waals surface area contributed by atoms with Gasteiger partial charge in [-0.25, -0.2) is 9.97 Å². The van der Waals surface area contributed by atoms with Gasteiger partial charge in [-0.15, -0.1) is 11.8 Å². The molecule has 1 fully saturated rings. The van der Waals surface area contributed by atoms with Gasteiger partial charge in [0.2, 0.25) is 0 Å². The minimum Gasteiger partial charge on any atom is -0.377 e. The lowest BCUT2D eigenvalue weighted by Crippen LogP contribution is -2.34. The van der Waals surface area contributed by atoms with Crippen molar-refractivity contribution in [2.45, 2.75) is 23.9 Å². The first kappa shape index (κ1) is 17.0. The number of nitrogens with zero attached hydrogens (tertiary/aromatic N) is 4. The van der Waals surface area contributed by atoms with Crippen molar-refractivity contribution in [3.63, 3.8) is 0 Å². The van der Waals surface area contributed by atoms with E-state index in [4.69, 9.17) is 0 Å². The zero-order valence-electron chi connectivity index (χ0n) is 14.3. The van der Waals surface area contributed by atoms with E-state index in [9.17, 15) is 4.79 Å². The Kier molecular flexibility index (Phi) is 5.20. The third kappa shape index (κ3) is 3.32. The molecule has 1 N–H and O–H groups in total. The van der Waals surface area contributed by atoms with Gasteiger partial charge in [0, 0.05) is 38.1 Å². The van der Waals surface area contributed by atoms with E-state index in [1.807, 2.05) is 31.3 Å². The highest BCUT2D eigenvalue weighted by Gasteiger charge is 2.19. The Labute approximate surface area is 146 Å². The number of pyridine rings is 1. The molecule has 24 heavy (non-hydrogen) atoms. The van der Waals surface area contributed by atoms with E-state index in [0.29, 0.717) is 5.69 Å². The van der Waals surface area contributed by atoms with Gasteiger partial charge in [0.15, 0.2) is 0 Å². The number of hydrogen-bond acceptors (Lipinski definition) is 6. The molecule has 1 aliphatic rings. The molecule has 0 radical (unpaired) electrons. The fraction of sp³-hybridized carbons (Fsp3) is 0.471. The Balaban J connectivity index is 2.05. The number of rotatable bonds is 4. The molecule has 1 aliphatic heterocycles. The predicted octanol–water partition coefficient (Wildman–Crippen LogP) is 2.02. The predicted molar refractivity (Wildman–Crippen MR) is 99.0 cm³/mol. The molecular weight excluding hydrogens is 322 g/mol. The Morgan fingerprint density at radius 2 is 2.04 bits per heavy atom. The lowest BCUT2D eigenvalue weighted by molar-refractivity contribution is 0.358. The second-order valence-electron chi connectivity index (χ2n) is 6.11. The van der Waals surface area contributed by atoms with Crippen LogP contribution < -0.4 is 15.8 Å². The number of nitrogens with one attached hydrogen (secondary N) is 1. The second kappa shape index (κ2) is 7.36. The number of anilines is 1. The number of hydrogen-bond donors (Lipinski definition) is 1. The Bertz CT molecular complexity index is 768. The highest BCUT2D eigenvalue weighted by Crippen LogP contribution is 2.34. The van der Waals surface area contributed by atoms with Crippen LogP contribution in [-0.4, -0.2) is 48.0 Å². The van der Waals surface area contributed by atoms with Crippen LogP contribution in [0.2, 0.25) is 0 Å². The molecular formula is C17H23N5OS. The van der Waals surface area contributed by atoms with Gasteiger partial charge >= 0.3 is 0 Å². The minimum absolute atomic E-state index is 0.00696. The van der Waals surface area contributed by atoms with E-state index in [0.717, 1.165) is 42.2 Å². The molecule has 7 heteroatoms. The zero-order chi connectivity index (χ0) is 17.1. The maximum absolute atomic E-state index is 12.7. The van der Waals surface area contributed by atoms with Crippen LogP contribution in [0.25, 0.3) is 11.3 Å². The molecule has 3 heterocycles. The first-order valence-electron chi connectivity index (χ1n) is 8.11. The van der Waals surface area contributed by atoms with E-state index in [-0.39, 0.29) is 11.6 Å². The summed E-state index contributed by atoms with van der Waals surface area (Å²) in [6.45, 7) is 1.89. The standard InChI is InChI=1S/C17H23N5OS/c1-21(2)14-6-9-19-17(24-3)16(14)13-10-15(23)22(11-20-13)12-4-7-18-8-5-12/h6,9-12,18H,4-5,7-8H2,1-3H3. The molecule has 3 rings (SSSR count). The topological polar surface area (TPSA) is 63.1 Å². The van der Waals surface area contributed by atoms with Crippen molar-refractivity contribution in [2.24, 2.45) is 0 Å². The lowest BCUT2D eigenvalue weighted by atomic mass is 10.1. The van der Waals surface area contributed by atoms with Gasteiger partial charge in [0.05, 0.1) is 17.6 Å². The largest absolute Gasteiger partial charge is 0.377 e. The van der Waals surface area contributed by atoms with Gasteiger partial charge in [-0.05, 0) is 38.3 Å². The van der Waals surface area contributed by atoms with Crippen LogP contribution in [0.15, 0.2) is 34.5 Å². The Morgan fingerprint density at radius 1 is 1.29 bits per heavy atom. The molecule has 1 saturated heterocycles. The maximum Gasteiger partial charge on any atom is 0.254 e. The summed E-state index contributed by atoms with van der Waals surface area (Å²) >= 11 is 1.57. The Morgan fingerprint density at radius 3 is 2.67 bits per heavy atom. The maximum atomic E-state index is 12.7. The first-order chi connectivity index (χ1) is 11.6. The van der Waals surface area contributed by atoms with Crippen molar-refractivity contribution in [1.82, 2.24) is 19.9 Å². The highest BCUT2D eigenvalue weighted by molar-refractivity contribution is 7.98. The molecule has 0 amide bonds. The summed E-state index contributed by atoms with van der Waals surface area (Å²) in [4.78, 5) is 23.7. The van der Waals surface area contributed by atoms with Crippen LogP contribution in [0.5, 0.6) is 0 Å². The second-order valence-corrected chi connectivity index (χ2v) is 6.90. The summed E-state index contributed by atoms with van der Waals surface area (Å²) in [6.07, 6.45) is 7.41. The molecule has 0 aliphatic carbocycles. The molecule has 6 nitrogen and oxygen atoms in total. The van der Waals surface area contributed by atoms with Crippen molar-refractivity contribution in [3.8, 4) is 11.3 Å². The van der Waals surface area contributed by atoms with Gasteiger partial charge in [-0.1, -0.05) is 0 Å². The van der Waals surface area contributed by atoms with Crippen molar-refractivity contribution in [2.75, 3.05) is 38.3 Å². The smallest absolute Gasteiger partial charge is 0.254 e. The van der Waals surface area contributed by atoms with Crippen LogP contribution >= 0.6 is 11.8 Å². The van der Waals surface area contributed by atoms with Gasteiger partial charge in [0.25, 0.3) is 5.56 Å². The summed E-state index contributed by atoms with van der Waals surface area (Å²) in [5, 5.41) is 4.21. The van der Waals surface area contributed by atoms with Crippen molar-refractivity contribution in [1.29, 1.82) is 0 Å². The summed E-state index contributed by atoms with van der Waals surface area (Å²) in [6, 6.07) is 3.84. The first-order valence-corrected chi connectivity index (χ1v) is 9.34. The molecule has 128 valence electrons. The molecule has 0 atom stereocenters. The molecule has 0 unspecified atom stereocenters. The molecule has 0 saturated carbocycles. The number of thioether (sulfide) groups is 1.